The van der Waals surface area contributed by atoms with Gasteiger partial charge >= 0.3 is 0 Å². The van der Waals surface area contributed by atoms with Crippen molar-refractivity contribution < 1.29 is 13.2 Å². The summed E-state index contributed by atoms with van der Waals surface area (Å²) in [7, 11) is -0.984. The van der Waals surface area contributed by atoms with Crippen molar-refractivity contribution in [3.8, 4) is 10.8 Å². The van der Waals surface area contributed by atoms with Gasteiger partial charge in [0.2, 0.25) is 10.9 Å². The predicted molar refractivity (Wildman–Crippen MR) is 80.4 cm³/mol. The van der Waals surface area contributed by atoms with Gasteiger partial charge < -0.3 is 4.74 Å². The van der Waals surface area contributed by atoms with Crippen molar-refractivity contribution in [2.75, 3.05) is 7.11 Å². The predicted octanol–water partition coefficient (Wildman–Crippen LogP) is 1.11. The number of aromatic nitrogens is 3. The summed E-state index contributed by atoms with van der Waals surface area (Å²) >= 11 is 1.46. The Labute approximate surface area is 126 Å². The lowest BCUT2D eigenvalue weighted by molar-refractivity contribution is 0.415. The van der Waals surface area contributed by atoms with Gasteiger partial charge in [0.1, 0.15) is 16.3 Å². The monoisotopic (exact) mass is 324 g/mol. The fourth-order valence-electron chi connectivity index (χ4n) is 1.91. The topological polar surface area (TPSA) is 86.1 Å². The summed E-state index contributed by atoms with van der Waals surface area (Å²) < 4.78 is 30.3. The third-order valence-corrected chi connectivity index (χ3v) is 4.37. The van der Waals surface area contributed by atoms with Crippen LogP contribution in [-0.2, 0) is 17.4 Å². The summed E-state index contributed by atoms with van der Waals surface area (Å²) in [6, 6.07) is 9.30. The Bertz CT molecular complexity index is 845. The maximum absolute atomic E-state index is 10.5. The van der Waals surface area contributed by atoms with Crippen molar-refractivity contribution in [1.82, 2.24) is 19.7 Å². The fourth-order valence-corrected chi connectivity index (χ4v) is 3.22. The molecule has 0 saturated heterocycles. The molecule has 0 saturated carbocycles. The first-order chi connectivity index (χ1) is 10.2. The van der Waals surface area contributed by atoms with Crippen molar-refractivity contribution >= 4 is 33.3 Å². The molecule has 0 aliphatic heterocycles. The lowest BCUT2D eigenvalue weighted by Crippen LogP contribution is -2.08. The highest BCUT2D eigenvalue weighted by molar-refractivity contribution is 7.70. The minimum atomic E-state index is -2.59. The molecule has 0 spiro atoms. The van der Waals surface area contributed by atoms with Crippen LogP contribution in [0, 0.1) is 0 Å². The SMILES string of the molecule is COc1ccc2c(c1)nnn2-c1ccc(CN[SH](=O)=O)s1. The third kappa shape index (κ3) is 2.89. The quantitative estimate of drug-likeness (QED) is 0.687. The average Bonchev–Trinajstić information content (AvgIpc) is 3.10. The van der Waals surface area contributed by atoms with E-state index in [2.05, 4.69) is 15.0 Å². The largest absolute Gasteiger partial charge is 0.497 e. The molecule has 3 rings (SSSR count). The maximum Gasteiger partial charge on any atom is 0.201 e. The number of hydrogen-bond donors (Lipinski definition) is 2. The van der Waals surface area contributed by atoms with E-state index in [0.29, 0.717) is 0 Å². The van der Waals surface area contributed by atoms with Crippen LogP contribution in [0.5, 0.6) is 5.75 Å². The van der Waals surface area contributed by atoms with Crippen LogP contribution in [0.2, 0.25) is 0 Å². The number of thiophene rings is 1. The Morgan fingerprint density at radius 3 is 2.95 bits per heavy atom. The molecule has 0 radical (unpaired) electrons. The Kier molecular flexibility index (Phi) is 3.86. The Hall–Kier alpha value is -1.97. The maximum atomic E-state index is 10.5. The van der Waals surface area contributed by atoms with Gasteiger partial charge in [-0.05, 0) is 24.3 Å². The first kappa shape index (κ1) is 14.0. The summed E-state index contributed by atoms with van der Waals surface area (Å²) in [6.07, 6.45) is 0. The Morgan fingerprint density at radius 1 is 1.33 bits per heavy atom. The second-order valence-corrected chi connectivity index (χ2v) is 6.17. The standard InChI is InChI=1S/C12H12N4O3S2/c1-19-8-2-4-11-10(6-8)14-15-16(11)12-5-3-9(20-12)7-13-21(17)18/h2-6,21H,7H2,1H3,(H,13,17,18). The molecule has 1 aromatic carbocycles. The number of nitrogens with one attached hydrogen (secondary N) is 1. The molecule has 110 valence electrons. The van der Waals surface area contributed by atoms with E-state index >= 15 is 0 Å². The molecule has 0 amide bonds. The number of ether oxygens (including phenoxy) is 1. The highest BCUT2D eigenvalue weighted by atomic mass is 32.2. The molecule has 0 aliphatic carbocycles. The van der Waals surface area contributed by atoms with Crippen LogP contribution in [0.1, 0.15) is 4.88 Å². The number of fused-ring (bicyclic) bond motifs is 1. The normalized spacial score (nSPS) is 11.3. The van der Waals surface area contributed by atoms with E-state index in [9.17, 15) is 8.42 Å². The van der Waals surface area contributed by atoms with E-state index in [1.165, 1.54) is 11.3 Å². The summed E-state index contributed by atoms with van der Waals surface area (Å²) in [5, 5.41) is 9.12. The first-order valence-electron chi connectivity index (χ1n) is 6.04. The zero-order valence-electron chi connectivity index (χ0n) is 11.0. The van der Waals surface area contributed by atoms with Gasteiger partial charge in [0.05, 0.1) is 12.6 Å². The fraction of sp³-hybridized carbons (Fsp3) is 0.167. The van der Waals surface area contributed by atoms with Crippen LogP contribution < -0.4 is 9.46 Å². The number of nitrogens with zero attached hydrogens (tertiary/aromatic N) is 3. The smallest absolute Gasteiger partial charge is 0.201 e. The van der Waals surface area contributed by atoms with Crippen LogP contribution in [0.4, 0.5) is 0 Å². The molecule has 1 N–H and O–H groups in total. The van der Waals surface area contributed by atoms with Gasteiger partial charge in [-0.3, -0.25) is 0 Å². The lowest BCUT2D eigenvalue weighted by atomic mass is 10.3. The molecular weight excluding hydrogens is 312 g/mol. The van der Waals surface area contributed by atoms with Gasteiger partial charge in [-0.15, -0.1) is 16.4 Å². The van der Waals surface area contributed by atoms with Crippen LogP contribution in [0.15, 0.2) is 30.3 Å². The van der Waals surface area contributed by atoms with Crippen LogP contribution in [-0.4, -0.2) is 30.5 Å². The van der Waals surface area contributed by atoms with Crippen molar-refractivity contribution in [1.29, 1.82) is 0 Å². The molecule has 2 heterocycles. The molecule has 7 nitrogen and oxygen atoms in total. The highest BCUT2D eigenvalue weighted by Crippen LogP contribution is 2.25. The summed E-state index contributed by atoms with van der Waals surface area (Å²) in [4.78, 5) is 0.904. The molecule has 0 bridgehead atoms. The summed E-state index contributed by atoms with van der Waals surface area (Å²) in [5.41, 5.74) is 1.61. The first-order valence-corrected chi connectivity index (χ1v) is 8.03. The van der Waals surface area contributed by atoms with Gasteiger partial charge in [0, 0.05) is 17.5 Å². The van der Waals surface area contributed by atoms with Gasteiger partial charge in [-0.25, -0.2) is 17.8 Å². The molecule has 0 atom stereocenters. The zero-order valence-corrected chi connectivity index (χ0v) is 12.7. The van der Waals surface area contributed by atoms with Crippen molar-refractivity contribution in [2.45, 2.75) is 6.54 Å². The number of benzene rings is 1. The molecular formula is C12H12N4O3S2. The minimum absolute atomic E-state index is 0.282. The van der Waals surface area contributed by atoms with Crippen LogP contribution in [0.3, 0.4) is 0 Å². The molecule has 0 fully saturated rings. The van der Waals surface area contributed by atoms with E-state index in [4.69, 9.17) is 4.74 Å². The second-order valence-electron chi connectivity index (χ2n) is 4.19. The molecule has 0 unspecified atom stereocenters. The molecule has 21 heavy (non-hydrogen) atoms. The van der Waals surface area contributed by atoms with Gasteiger partial charge in [-0.1, -0.05) is 5.21 Å². The van der Waals surface area contributed by atoms with Crippen LogP contribution >= 0.6 is 11.3 Å². The molecule has 9 heteroatoms. The van der Waals surface area contributed by atoms with Gasteiger partial charge in [0.25, 0.3) is 0 Å². The van der Waals surface area contributed by atoms with Crippen molar-refractivity contribution in [2.24, 2.45) is 0 Å². The molecule has 2 aromatic heterocycles. The Balaban J connectivity index is 1.93. The van der Waals surface area contributed by atoms with E-state index in [0.717, 1.165) is 26.7 Å². The third-order valence-electron chi connectivity index (χ3n) is 2.89. The van der Waals surface area contributed by atoms with Gasteiger partial charge in [-0.2, -0.15) is 0 Å². The van der Waals surface area contributed by atoms with E-state index in [-0.39, 0.29) is 6.54 Å². The van der Waals surface area contributed by atoms with Crippen molar-refractivity contribution in [3.05, 3.63) is 35.2 Å². The minimum Gasteiger partial charge on any atom is -0.497 e. The number of methoxy groups -OCH3 is 1. The summed E-state index contributed by atoms with van der Waals surface area (Å²) in [6.45, 7) is 0.282. The van der Waals surface area contributed by atoms with E-state index in [1.807, 2.05) is 30.3 Å². The number of rotatable bonds is 5. The molecule has 0 aliphatic rings. The lowest BCUT2D eigenvalue weighted by Gasteiger charge is -2.00. The van der Waals surface area contributed by atoms with Gasteiger partial charge in [0.15, 0.2) is 0 Å². The zero-order chi connectivity index (χ0) is 14.8. The number of hydrogen-bond acceptors (Lipinski definition) is 6. The number of thiol groups is 1. The Morgan fingerprint density at radius 2 is 2.19 bits per heavy atom. The molecule has 3 aromatic rings. The van der Waals surface area contributed by atoms with Crippen molar-refractivity contribution in [3.63, 3.8) is 0 Å². The second kappa shape index (κ2) is 5.80. The van der Waals surface area contributed by atoms with E-state index in [1.54, 1.807) is 11.8 Å². The van der Waals surface area contributed by atoms with Crippen LogP contribution in [0.25, 0.3) is 16.0 Å². The van der Waals surface area contributed by atoms with E-state index < -0.39 is 10.9 Å². The summed E-state index contributed by atoms with van der Waals surface area (Å²) in [5.74, 6) is 0.727. The highest BCUT2D eigenvalue weighted by Gasteiger charge is 2.10. The average molecular weight is 324 g/mol.